The lowest BCUT2D eigenvalue weighted by molar-refractivity contribution is -0.131. The van der Waals surface area contributed by atoms with Gasteiger partial charge in [-0.25, -0.2) is 4.79 Å². The fourth-order valence-corrected chi connectivity index (χ4v) is 2.27. The van der Waals surface area contributed by atoms with Gasteiger partial charge in [-0.1, -0.05) is 17.7 Å². The van der Waals surface area contributed by atoms with E-state index in [1.807, 2.05) is 24.3 Å². The lowest BCUT2D eigenvalue weighted by Gasteiger charge is -2.35. The first-order valence-corrected chi connectivity index (χ1v) is 6.65. The van der Waals surface area contributed by atoms with E-state index in [1.54, 1.807) is 6.08 Å². The number of halogens is 1. The topological polar surface area (TPSA) is 43.8 Å². The summed E-state index contributed by atoms with van der Waals surface area (Å²) in [4.78, 5) is 14.9. The third-order valence-electron chi connectivity index (χ3n) is 3.19. The van der Waals surface area contributed by atoms with E-state index in [2.05, 4.69) is 9.80 Å². The number of piperazine rings is 1. The molecule has 0 spiro atoms. The monoisotopic (exact) mass is 280 g/mol. The van der Waals surface area contributed by atoms with Crippen LogP contribution in [0, 0.1) is 0 Å². The third kappa shape index (κ3) is 4.26. The number of nitrogens with zero attached hydrogens (tertiary/aromatic N) is 2. The molecule has 5 heteroatoms. The van der Waals surface area contributed by atoms with E-state index in [4.69, 9.17) is 16.7 Å². The standard InChI is InChI=1S/C14H17ClN2O2/c15-12-3-5-13(6-4-12)17-10-8-16(9-11-17)7-1-2-14(18)19/h1-6H,7-11H2,(H,18,19)/b2-1+. The minimum Gasteiger partial charge on any atom is -0.478 e. The van der Waals surface area contributed by atoms with Gasteiger partial charge in [0.2, 0.25) is 0 Å². The van der Waals surface area contributed by atoms with E-state index in [0.717, 1.165) is 31.2 Å². The highest BCUT2D eigenvalue weighted by Crippen LogP contribution is 2.19. The Kier molecular flexibility index (Phi) is 4.82. The van der Waals surface area contributed by atoms with E-state index in [-0.39, 0.29) is 0 Å². The van der Waals surface area contributed by atoms with Crippen LogP contribution in [0.1, 0.15) is 0 Å². The van der Waals surface area contributed by atoms with Gasteiger partial charge >= 0.3 is 5.97 Å². The van der Waals surface area contributed by atoms with Gasteiger partial charge < -0.3 is 10.0 Å². The minimum absolute atomic E-state index is 0.695. The molecule has 1 N–H and O–H groups in total. The molecule has 2 rings (SSSR count). The Balaban J connectivity index is 1.82. The summed E-state index contributed by atoms with van der Waals surface area (Å²) < 4.78 is 0. The van der Waals surface area contributed by atoms with Gasteiger partial charge in [-0.2, -0.15) is 0 Å². The zero-order valence-electron chi connectivity index (χ0n) is 10.6. The average molecular weight is 281 g/mol. The molecule has 1 aromatic rings. The lowest BCUT2D eigenvalue weighted by Crippen LogP contribution is -2.46. The van der Waals surface area contributed by atoms with Gasteiger partial charge in [0.15, 0.2) is 0 Å². The maximum atomic E-state index is 10.4. The molecule has 0 bridgehead atoms. The highest BCUT2D eigenvalue weighted by molar-refractivity contribution is 6.30. The predicted molar refractivity (Wildman–Crippen MR) is 76.9 cm³/mol. The van der Waals surface area contributed by atoms with Crippen LogP contribution in [0.15, 0.2) is 36.4 Å². The maximum absolute atomic E-state index is 10.4. The largest absolute Gasteiger partial charge is 0.478 e. The van der Waals surface area contributed by atoms with E-state index in [1.165, 1.54) is 11.8 Å². The molecule has 4 nitrogen and oxygen atoms in total. The van der Waals surface area contributed by atoms with E-state index in [9.17, 15) is 4.79 Å². The zero-order valence-corrected chi connectivity index (χ0v) is 11.4. The molecule has 0 radical (unpaired) electrons. The van der Waals surface area contributed by atoms with Crippen molar-refractivity contribution < 1.29 is 9.90 Å². The molecule has 1 saturated heterocycles. The second-order valence-electron chi connectivity index (χ2n) is 4.50. The number of hydrogen-bond acceptors (Lipinski definition) is 3. The van der Waals surface area contributed by atoms with Crippen LogP contribution in [0.2, 0.25) is 5.02 Å². The number of carboxylic acid groups (broad SMARTS) is 1. The van der Waals surface area contributed by atoms with E-state index >= 15 is 0 Å². The third-order valence-corrected chi connectivity index (χ3v) is 3.44. The van der Waals surface area contributed by atoms with Crippen LogP contribution < -0.4 is 4.90 Å². The highest BCUT2D eigenvalue weighted by Gasteiger charge is 2.15. The van der Waals surface area contributed by atoms with Crippen molar-refractivity contribution in [2.75, 3.05) is 37.6 Å². The Hall–Kier alpha value is -1.52. The van der Waals surface area contributed by atoms with Crippen molar-refractivity contribution in [2.24, 2.45) is 0 Å². The summed E-state index contributed by atoms with van der Waals surface area (Å²) in [5.74, 6) is -0.889. The summed E-state index contributed by atoms with van der Waals surface area (Å²) in [5.41, 5.74) is 1.19. The van der Waals surface area contributed by atoms with Gasteiger partial charge in [0.05, 0.1) is 0 Å². The molecule has 0 aromatic heterocycles. The van der Waals surface area contributed by atoms with E-state index in [0.29, 0.717) is 6.54 Å². The summed E-state index contributed by atoms with van der Waals surface area (Å²) in [6, 6.07) is 7.86. The Labute approximate surface area is 117 Å². The van der Waals surface area contributed by atoms with Gasteiger partial charge in [-0.05, 0) is 24.3 Å². The molecular weight excluding hydrogens is 264 g/mol. The van der Waals surface area contributed by atoms with Crippen molar-refractivity contribution in [3.05, 3.63) is 41.4 Å². The Morgan fingerprint density at radius 3 is 2.42 bits per heavy atom. The molecule has 0 amide bonds. The van der Waals surface area contributed by atoms with Crippen LogP contribution in [0.5, 0.6) is 0 Å². The SMILES string of the molecule is O=C(O)/C=C/CN1CCN(c2ccc(Cl)cc2)CC1. The molecule has 1 fully saturated rings. The second-order valence-corrected chi connectivity index (χ2v) is 4.94. The summed E-state index contributed by atoms with van der Waals surface area (Å²) in [6.07, 6.45) is 2.89. The molecule has 0 unspecified atom stereocenters. The molecule has 102 valence electrons. The van der Waals surface area contributed by atoms with Crippen molar-refractivity contribution >= 4 is 23.3 Å². The number of carbonyl (C=O) groups is 1. The quantitative estimate of drug-likeness (QED) is 0.858. The Morgan fingerprint density at radius 2 is 1.84 bits per heavy atom. The minimum atomic E-state index is -0.889. The van der Waals surface area contributed by atoms with Crippen molar-refractivity contribution in [1.29, 1.82) is 0 Å². The molecule has 0 atom stereocenters. The molecule has 1 heterocycles. The first-order chi connectivity index (χ1) is 9.15. The van der Waals surface area contributed by atoms with Gasteiger partial charge in [0, 0.05) is 49.5 Å². The van der Waals surface area contributed by atoms with Gasteiger partial charge in [-0.15, -0.1) is 0 Å². The van der Waals surface area contributed by atoms with Crippen molar-refractivity contribution in [3.8, 4) is 0 Å². The van der Waals surface area contributed by atoms with Crippen LogP contribution in [0.3, 0.4) is 0 Å². The number of hydrogen-bond donors (Lipinski definition) is 1. The molecular formula is C14H17ClN2O2. The highest BCUT2D eigenvalue weighted by atomic mass is 35.5. The molecule has 0 aliphatic carbocycles. The number of carboxylic acids is 1. The zero-order chi connectivity index (χ0) is 13.7. The Morgan fingerprint density at radius 1 is 1.21 bits per heavy atom. The molecule has 1 aliphatic heterocycles. The predicted octanol–water partition coefficient (Wildman–Crippen LogP) is 2.10. The smallest absolute Gasteiger partial charge is 0.328 e. The van der Waals surface area contributed by atoms with Crippen LogP contribution >= 0.6 is 11.6 Å². The fraction of sp³-hybridized carbons (Fsp3) is 0.357. The molecule has 0 saturated carbocycles. The molecule has 19 heavy (non-hydrogen) atoms. The lowest BCUT2D eigenvalue weighted by atomic mass is 10.2. The van der Waals surface area contributed by atoms with Gasteiger partial charge in [-0.3, -0.25) is 4.90 Å². The van der Waals surface area contributed by atoms with Gasteiger partial charge in [0.1, 0.15) is 0 Å². The summed E-state index contributed by atoms with van der Waals surface area (Å²) in [6.45, 7) is 4.46. The first-order valence-electron chi connectivity index (χ1n) is 6.27. The Bertz CT molecular complexity index is 451. The van der Waals surface area contributed by atoms with E-state index < -0.39 is 5.97 Å². The van der Waals surface area contributed by atoms with Crippen LogP contribution in [-0.4, -0.2) is 48.7 Å². The number of rotatable bonds is 4. The number of aliphatic carboxylic acids is 1. The first kappa shape index (κ1) is 13.9. The van der Waals surface area contributed by atoms with Crippen molar-refractivity contribution in [1.82, 2.24) is 4.90 Å². The second kappa shape index (κ2) is 6.59. The molecule has 1 aromatic carbocycles. The van der Waals surface area contributed by atoms with Crippen LogP contribution in [0.4, 0.5) is 5.69 Å². The summed E-state index contributed by atoms with van der Waals surface area (Å²) in [5, 5.41) is 9.28. The van der Waals surface area contributed by atoms with Crippen LogP contribution in [0.25, 0.3) is 0 Å². The summed E-state index contributed by atoms with van der Waals surface area (Å²) >= 11 is 5.87. The van der Waals surface area contributed by atoms with Crippen molar-refractivity contribution in [2.45, 2.75) is 0 Å². The normalized spacial score (nSPS) is 17.0. The fourth-order valence-electron chi connectivity index (χ4n) is 2.14. The maximum Gasteiger partial charge on any atom is 0.328 e. The van der Waals surface area contributed by atoms with Gasteiger partial charge in [0.25, 0.3) is 0 Å². The number of anilines is 1. The molecule has 1 aliphatic rings. The number of benzene rings is 1. The van der Waals surface area contributed by atoms with Crippen molar-refractivity contribution in [3.63, 3.8) is 0 Å². The summed E-state index contributed by atoms with van der Waals surface area (Å²) in [7, 11) is 0. The average Bonchev–Trinajstić information content (AvgIpc) is 2.40. The van der Waals surface area contributed by atoms with Crippen LogP contribution in [-0.2, 0) is 4.79 Å².